The molecular weight excluding hydrogens is 222 g/mol. The minimum atomic E-state index is 0.157. The van der Waals surface area contributed by atoms with Crippen LogP contribution in [0.15, 0.2) is 36.9 Å². The zero-order chi connectivity index (χ0) is 13.2. The molecule has 2 aromatic rings. The van der Waals surface area contributed by atoms with Crippen LogP contribution in [0.25, 0.3) is 0 Å². The SMILES string of the molecule is CC(C)(CCC(C)(C)n1cccc1)c1cn[nH]c1. The highest BCUT2D eigenvalue weighted by Gasteiger charge is 2.27. The maximum atomic E-state index is 4.05. The van der Waals surface area contributed by atoms with Crippen molar-refractivity contribution in [2.45, 2.75) is 51.5 Å². The molecule has 0 radical (unpaired) electrons. The van der Waals surface area contributed by atoms with E-state index in [4.69, 9.17) is 0 Å². The first-order chi connectivity index (χ1) is 8.42. The van der Waals surface area contributed by atoms with Gasteiger partial charge in [-0.1, -0.05) is 13.8 Å². The van der Waals surface area contributed by atoms with E-state index in [0.717, 1.165) is 12.8 Å². The molecule has 0 spiro atoms. The molecule has 0 aliphatic carbocycles. The molecule has 0 aromatic carbocycles. The first-order valence-corrected chi connectivity index (χ1v) is 6.54. The van der Waals surface area contributed by atoms with Gasteiger partial charge in [0.15, 0.2) is 0 Å². The number of aromatic amines is 1. The first-order valence-electron chi connectivity index (χ1n) is 6.54. The standard InChI is InChI=1S/C15H23N3/c1-14(2,13-11-16-17-12-13)7-8-15(3,4)18-9-5-6-10-18/h5-6,9-12H,7-8H2,1-4H3,(H,16,17). The van der Waals surface area contributed by atoms with Gasteiger partial charge in [0.2, 0.25) is 0 Å². The van der Waals surface area contributed by atoms with Crippen molar-refractivity contribution in [2.24, 2.45) is 0 Å². The predicted molar refractivity (Wildman–Crippen MR) is 74.6 cm³/mol. The van der Waals surface area contributed by atoms with Gasteiger partial charge in [-0.15, -0.1) is 0 Å². The fourth-order valence-corrected chi connectivity index (χ4v) is 2.25. The van der Waals surface area contributed by atoms with Gasteiger partial charge in [-0.25, -0.2) is 0 Å². The molecule has 3 heteroatoms. The van der Waals surface area contributed by atoms with E-state index in [1.54, 1.807) is 0 Å². The van der Waals surface area contributed by atoms with E-state index in [9.17, 15) is 0 Å². The summed E-state index contributed by atoms with van der Waals surface area (Å²) in [5, 5.41) is 6.96. The quantitative estimate of drug-likeness (QED) is 0.856. The van der Waals surface area contributed by atoms with E-state index in [-0.39, 0.29) is 11.0 Å². The fraction of sp³-hybridized carbons (Fsp3) is 0.533. The van der Waals surface area contributed by atoms with Crippen LogP contribution in [0.3, 0.4) is 0 Å². The molecular formula is C15H23N3. The Balaban J connectivity index is 2.03. The molecule has 0 atom stereocenters. The van der Waals surface area contributed by atoms with Crippen molar-refractivity contribution >= 4 is 0 Å². The Morgan fingerprint density at radius 2 is 1.78 bits per heavy atom. The van der Waals surface area contributed by atoms with Gasteiger partial charge in [0.05, 0.1) is 6.20 Å². The highest BCUT2D eigenvalue weighted by atomic mass is 15.1. The normalized spacial score (nSPS) is 12.9. The average Bonchev–Trinajstić information content (AvgIpc) is 2.99. The zero-order valence-electron chi connectivity index (χ0n) is 11.8. The first kappa shape index (κ1) is 12.9. The number of hydrogen-bond donors (Lipinski definition) is 1. The van der Waals surface area contributed by atoms with Crippen LogP contribution in [0.5, 0.6) is 0 Å². The number of aromatic nitrogens is 3. The fourth-order valence-electron chi connectivity index (χ4n) is 2.25. The summed E-state index contributed by atoms with van der Waals surface area (Å²) < 4.78 is 2.29. The van der Waals surface area contributed by atoms with Gasteiger partial charge >= 0.3 is 0 Å². The molecule has 2 rings (SSSR count). The van der Waals surface area contributed by atoms with Gasteiger partial charge in [-0.3, -0.25) is 5.10 Å². The average molecular weight is 245 g/mol. The van der Waals surface area contributed by atoms with Crippen LogP contribution in [-0.2, 0) is 11.0 Å². The maximum Gasteiger partial charge on any atom is 0.0524 e. The Hall–Kier alpha value is -1.51. The lowest BCUT2D eigenvalue weighted by molar-refractivity contribution is 0.285. The minimum absolute atomic E-state index is 0.157. The van der Waals surface area contributed by atoms with Crippen molar-refractivity contribution < 1.29 is 0 Å². The smallest absolute Gasteiger partial charge is 0.0524 e. The largest absolute Gasteiger partial charge is 0.349 e. The Morgan fingerprint density at radius 3 is 2.33 bits per heavy atom. The number of rotatable bonds is 5. The Labute approximate surface area is 109 Å². The third-order valence-electron chi connectivity index (χ3n) is 3.94. The van der Waals surface area contributed by atoms with Crippen molar-refractivity contribution in [3.05, 3.63) is 42.5 Å². The Morgan fingerprint density at radius 1 is 1.11 bits per heavy atom. The third kappa shape index (κ3) is 2.66. The van der Waals surface area contributed by atoms with Gasteiger partial charge in [-0.05, 0) is 49.8 Å². The molecule has 0 unspecified atom stereocenters. The topological polar surface area (TPSA) is 33.6 Å². The second kappa shape index (κ2) is 4.63. The lowest BCUT2D eigenvalue weighted by Crippen LogP contribution is -2.28. The van der Waals surface area contributed by atoms with Crippen LogP contribution in [-0.4, -0.2) is 14.8 Å². The molecule has 0 aliphatic heterocycles. The van der Waals surface area contributed by atoms with Crippen molar-refractivity contribution in [2.75, 3.05) is 0 Å². The van der Waals surface area contributed by atoms with Gasteiger partial charge in [-0.2, -0.15) is 5.10 Å². The maximum absolute atomic E-state index is 4.05. The molecule has 0 fully saturated rings. The minimum Gasteiger partial charge on any atom is -0.349 e. The molecule has 3 nitrogen and oxygen atoms in total. The van der Waals surface area contributed by atoms with Crippen LogP contribution < -0.4 is 0 Å². The number of H-pyrrole nitrogens is 1. The highest BCUT2D eigenvalue weighted by Crippen LogP contribution is 2.32. The van der Waals surface area contributed by atoms with Crippen LogP contribution in [0.2, 0.25) is 0 Å². The molecule has 0 aliphatic rings. The molecule has 98 valence electrons. The number of nitrogens with zero attached hydrogens (tertiary/aromatic N) is 2. The second-order valence-electron chi connectivity index (χ2n) is 6.27. The molecule has 2 aromatic heterocycles. The Kier molecular flexibility index (Phi) is 3.33. The molecule has 1 N–H and O–H groups in total. The second-order valence-corrected chi connectivity index (χ2v) is 6.27. The lowest BCUT2D eigenvalue weighted by Gasteiger charge is -2.32. The summed E-state index contributed by atoms with van der Waals surface area (Å²) in [5.74, 6) is 0. The summed E-state index contributed by atoms with van der Waals surface area (Å²) in [4.78, 5) is 0. The monoisotopic (exact) mass is 245 g/mol. The summed E-state index contributed by atoms with van der Waals surface area (Å²) in [6.07, 6.45) is 10.5. The number of nitrogens with one attached hydrogen (secondary N) is 1. The van der Waals surface area contributed by atoms with Crippen LogP contribution in [0.4, 0.5) is 0 Å². The van der Waals surface area contributed by atoms with E-state index in [1.807, 2.05) is 12.4 Å². The van der Waals surface area contributed by atoms with Crippen molar-refractivity contribution in [1.82, 2.24) is 14.8 Å². The third-order valence-corrected chi connectivity index (χ3v) is 3.94. The van der Waals surface area contributed by atoms with E-state index >= 15 is 0 Å². The lowest BCUT2D eigenvalue weighted by atomic mass is 9.79. The molecule has 0 amide bonds. The molecule has 0 saturated heterocycles. The van der Waals surface area contributed by atoms with E-state index in [0.29, 0.717) is 0 Å². The molecule has 18 heavy (non-hydrogen) atoms. The summed E-state index contributed by atoms with van der Waals surface area (Å²) in [6.45, 7) is 9.14. The summed E-state index contributed by atoms with van der Waals surface area (Å²) in [7, 11) is 0. The van der Waals surface area contributed by atoms with E-state index in [2.05, 4.69) is 67.0 Å². The molecule has 0 saturated carbocycles. The van der Waals surface area contributed by atoms with Crippen molar-refractivity contribution in [3.8, 4) is 0 Å². The van der Waals surface area contributed by atoms with Crippen LogP contribution >= 0.6 is 0 Å². The van der Waals surface area contributed by atoms with Gasteiger partial charge < -0.3 is 4.57 Å². The van der Waals surface area contributed by atoms with Crippen molar-refractivity contribution in [3.63, 3.8) is 0 Å². The summed E-state index contributed by atoms with van der Waals surface area (Å²) >= 11 is 0. The zero-order valence-corrected chi connectivity index (χ0v) is 11.8. The van der Waals surface area contributed by atoms with Gasteiger partial charge in [0.1, 0.15) is 0 Å². The van der Waals surface area contributed by atoms with E-state index in [1.165, 1.54) is 5.56 Å². The van der Waals surface area contributed by atoms with Crippen LogP contribution in [0.1, 0.15) is 46.1 Å². The number of hydrogen-bond acceptors (Lipinski definition) is 1. The van der Waals surface area contributed by atoms with Gasteiger partial charge in [0, 0.05) is 24.1 Å². The van der Waals surface area contributed by atoms with Crippen molar-refractivity contribution in [1.29, 1.82) is 0 Å². The molecule has 2 heterocycles. The summed E-state index contributed by atoms with van der Waals surface area (Å²) in [6, 6.07) is 4.17. The highest BCUT2D eigenvalue weighted by molar-refractivity contribution is 5.16. The van der Waals surface area contributed by atoms with Gasteiger partial charge in [0.25, 0.3) is 0 Å². The summed E-state index contributed by atoms with van der Waals surface area (Å²) in [5.41, 5.74) is 1.60. The van der Waals surface area contributed by atoms with E-state index < -0.39 is 0 Å². The predicted octanol–water partition coefficient (Wildman–Crippen LogP) is 3.70. The Bertz CT molecular complexity index is 418. The molecule has 0 bridgehead atoms. The van der Waals surface area contributed by atoms with Crippen LogP contribution in [0, 0.1) is 0 Å².